The fraction of sp³-hybridized carbons (Fsp3) is 0.0909. The zero-order chi connectivity index (χ0) is 21.4. The van der Waals surface area contributed by atoms with Gasteiger partial charge in [-0.25, -0.2) is 4.52 Å². The summed E-state index contributed by atoms with van der Waals surface area (Å²) in [4.78, 5) is 18.6. The third-order valence-electron chi connectivity index (χ3n) is 4.87. The van der Waals surface area contributed by atoms with Gasteiger partial charge in [0.1, 0.15) is 12.1 Å². The molecule has 0 N–H and O–H groups in total. The molecule has 0 radical (unpaired) electrons. The Bertz CT molecular complexity index is 1420. The van der Waals surface area contributed by atoms with E-state index in [4.69, 9.17) is 4.52 Å². The Labute approximate surface area is 189 Å². The summed E-state index contributed by atoms with van der Waals surface area (Å²) in [6, 6.07) is 17.5. The second-order valence-corrected chi connectivity index (χ2v) is 8.63. The van der Waals surface area contributed by atoms with Crippen LogP contribution in [0, 0.1) is 0 Å². The second kappa shape index (κ2) is 8.16. The highest BCUT2D eigenvalue weighted by Crippen LogP contribution is 2.22. The van der Waals surface area contributed by atoms with Crippen LogP contribution in [0.4, 0.5) is 0 Å². The number of hydrogen-bond acceptors (Lipinski definition) is 6. The average molecular weight is 494 g/mol. The van der Waals surface area contributed by atoms with Crippen LogP contribution in [0.3, 0.4) is 0 Å². The lowest BCUT2D eigenvalue weighted by Gasteiger charge is -2.02. The van der Waals surface area contributed by atoms with E-state index in [-0.39, 0.29) is 12.1 Å². The largest absolute Gasteiger partial charge is 0.337 e. The molecule has 0 fully saturated rings. The van der Waals surface area contributed by atoms with Gasteiger partial charge in [-0.15, -0.1) is 11.8 Å². The minimum absolute atomic E-state index is 0.178. The molecule has 0 saturated carbocycles. The van der Waals surface area contributed by atoms with Crippen molar-refractivity contribution in [1.82, 2.24) is 24.3 Å². The summed E-state index contributed by atoms with van der Waals surface area (Å²) in [5.41, 5.74) is 2.84. The first kappa shape index (κ1) is 19.8. The van der Waals surface area contributed by atoms with Crippen molar-refractivity contribution in [1.29, 1.82) is 0 Å². The van der Waals surface area contributed by atoms with E-state index in [0.717, 1.165) is 26.2 Å². The maximum atomic E-state index is 13.0. The molecular formula is C22H16BrN5O2S. The molecule has 31 heavy (non-hydrogen) atoms. The van der Waals surface area contributed by atoms with Gasteiger partial charge in [0.15, 0.2) is 0 Å². The predicted octanol–water partition coefficient (Wildman–Crippen LogP) is 4.75. The Kier molecular flexibility index (Phi) is 5.21. The molecule has 5 rings (SSSR count). The zero-order valence-electron chi connectivity index (χ0n) is 16.4. The molecule has 0 spiro atoms. The zero-order valence-corrected chi connectivity index (χ0v) is 18.8. The minimum Gasteiger partial charge on any atom is -0.337 e. The molecule has 9 heteroatoms. The fourth-order valence-electron chi connectivity index (χ4n) is 3.23. The molecule has 0 atom stereocenters. The first-order valence-electron chi connectivity index (χ1n) is 9.42. The van der Waals surface area contributed by atoms with E-state index in [1.54, 1.807) is 34.7 Å². The summed E-state index contributed by atoms with van der Waals surface area (Å²) < 4.78 is 9.49. The SMILES string of the molecule is CSc1ccc(-c2noc(Cn3ccn4nc(-c5ccc(Br)cc5)cc4c3=O)n2)cc1. The lowest BCUT2D eigenvalue weighted by Crippen LogP contribution is -2.21. The van der Waals surface area contributed by atoms with Crippen LogP contribution in [0.2, 0.25) is 0 Å². The fourth-order valence-corrected chi connectivity index (χ4v) is 3.91. The number of hydrogen-bond donors (Lipinski definition) is 0. The van der Waals surface area contributed by atoms with Gasteiger partial charge in [-0.2, -0.15) is 10.1 Å². The number of aromatic nitrogens is 5. The molecule has 3 aromatic heterocycles. The maximum Gasteiger partial charge on any atom is 0.277 e. The van der Waals surface area contributed by atoms with Crippen molar-refractivity contribution < 1.29 is 4.52 Å². The third kappa shape index (κ3) is 3.94. The summed E-state index contributed by atoms with van der Waals surface area (Å²) >= 11 is 5.10. The van der Waals surface area contributed by atoms with Crippen LogP contribution in [0.1, 0.15) is 5.89 Å². The summed E-state index contributed by atoms with van der Waals surface area (Å²) in [6.07, 6.45) is 5.45. The van der Waals surface area contributed by atoms with E-state index in [2.05, 4.69) is 31.2 Å². The molecule has 0 unspecified atom stereocenters. The first-order chi connectivity index (χ1) is 15.1. The van der Waals surface area contributed by atoms with Crippen molar-refractivity contribution in [2.45, 2.75) is 11.4 Å². The van der Waals surface area contributed by atoms with Gasteiger partial charge in [0.2, 0.25) is 11.7 Å². The Morgan fingerprint density at radius 2 is 1.77 bits per heavy atom. The van der Waals surface area contributed by atoms with E-state index in [9.17, 15) is 4.79 Å². The number of halogens is 1. The van der Waals surface area contributed by atoms with Gasteiger partial charge in [-0.3, -0.25) is 4.79 Å². The Balaban J connectivity index is 1.43. The van der Waals surface area contributed by atoms with Crippen LogP contribution in [-0.4, -0.2) is 30.6 Å². The molecule has 0 saturated heterocycles. The minimum atomic E-state index is -0.178. The van der Waals surface area contributed by atoms with Crippen LogP contribution in [-0.2, 0) is 6.54 Å². The van der Waals surface area contributed by atoms with Crippen LogP contribution in [0.5, 0.6) is 0 Å². The maximum absolute atomic E-state index is 13.0. The van der Waals surface area contributed by atoms with Gasteiger partial charge in [-0.05, 0) is 48.7 Å². The van der Waals surface area contributed by atoms with E-state index in [0.29, 0.717) is 17.2 Å². The third-order valence-corrected chi connectivity index (χ3v) is 6.14. The molecule has 0 amide bonds. The molecule has 0 aliphatic carbocycles. The molecular weight excluding hydrogens is 478 g/mol. The highest BCUT2D eigenvalue weighted by molar-refractivity contribution is 9.10. The number of fused-ring (bicyclic) bond motifs is 1. The topological polar surface area (TPSA) is 78.2 Å². The Morgan fingerprint density at radius 1 is 1.03 bits per heavy atom. The predicted molar refractivity (Wildman–Crippen MR) is 123 cm³/mol. The van der Waals surface area contributed by atoms with Crippen LogP contribution >= 0.6 is 27.7 Å². The number of rotatable bonds is 5. The smallest absolute Gasteiger partial charge is 0.277 e. The number of nitrogens with zero attached hydrogens (tertiary/aromatic N) is 5. The van der Waals surface area contributed by atoms with Crippen molar-refractivity contribution in [2.75, 3.05) is 6.26 Å². The van der Waals surface area contributed by atoms with Crippen molar-refractivity contribution in [3.63, 3.8) is 0 Å². The Morgan fingerprint density at radius 3 is 2.52 bits per heavy atom. The summed E-state index contributed by atoms with van der Waals surface area (Å²) in [5, 5.41) is 8.57. The highest BCUT2D eigenvalue weighted by Gasteiger charge is 2.13. The summed E-state index contributed by atoms with van der Waals surface area (Å²) in [6.45, 7) is 0.185. The monoisotopic (exact) mass is 493 g/mol. The normalized spacial score (nSPS) is 11.3. The molecule has 3 heterocycles. The van der Waals surface area contributed by atoms with Crippen molar-refractivity contribution in [3.05, 3.63) is 87.7 Å². The Hall–Kier alpha value is -3.17. The molecule has 0 aliphatic heterocycles. The van der Waals surface area contributed by atoms with Crippen molar-refractivity contribution in [2.24, 2.45) is 0 Å². The van der Waals surface area contributed by atoms with E-state index in [1.807, 2.05) is 54.8 Å². The lowest BCUT2D eigenvalue weighted by molar-refractivity contribution is 0.370. The van der Waals surface area contributed by atoms with Gasteiger partial charge in [0.25, 0.3) is 5.56 Å². The number of benzene rings is 2. The number of thioether (sulfide) groups is 1. The van der Waals surface area contributed by atoms with Crippen molar-refractivity contribution >= 4 is 33.2 Å². The average Bonchev–Trinajstić information content (AvgIpc) is 3.44. The summed E-state index contributed by atoms with van der Waals surface area (Å²) in [5.74, 6) is 0.863. The van der Waals surface area contributed by atoms with E-state index >= 15 is 0 Å². The van der Waals surface area contributed by atoms with Crippen LogP contribution in [0.25, 0.3) is 28.2 Å². The second-order valence-electron chi connectivity index (χ2n) is 6.84. The molecule has 5 aromatic rings. The quantitative estimate of drug-likeness (QED) is 0.329. The van der Waals surface area contributed by atoms with Gasteiger partial charge < -0.3 is 9.09 Å². The highest BCUT2D eigenvalue weighted by atomic mass is 79.9. The molecule has 2 aromatic carbocycles. The molecule has 0 aliphatic rings. The van der Waals surface area contributed by atoms with Gasteiger partial charge in [0, 0.05) is 32.9 Å². The van der Waals surface area contributed by atoms with Crippen LogP contribution < -0.4 is 5.56 Å². The molecule has 0 bridgehead atoms. The van der Waals surface area contributed by atoms with Gasteiger partial charge in [0.05, 0.1) is 5.69 Å². The lowest BCUT2D eigenvalue weighted by atomic mass is 10.1. The molecule has 154 valence electrons. The summed E-state index contributed by atoms with van der Waals surface area (Å²) in [7, 11) is 0. The van der Waals surface area contributed by atoms with Gasteiger partial charge in [-0.1, -0.05) is 33.2 Å². The van der Waals surface area contributed by atoms with Crippen molar-refractivity contribution in [3.8, 4) is 22.6 Å². The first-order valence-corrected chi connectivity index (χ1v) is 11.4. The van der Waals surface area contributed by atoms with E-state index < -0.39 is 0 Å². The van der Waals surface area contributed by atoms with Crippen LogP contribution in [0.15, 0.2) is 85.7 Å². The standard InChI is InChI=1S/C22H16BrN5O2S/c1-31-17-8-4-15(5-9-17)21-24-20(30-26-21)13-27-10-11-28-19(22(27)29)12-18(25-28)14-2-6-16(23)7-3-14/h2-12H,13H2,1H3. The van der Waals surface area contributed by atoms with Gasteiger partial charge >= 0.3 is 0 Å². The van der Waals surface area contributed by atoms with E-state index in [1.165, 1.54) is 4.57 Å². The molecule has 7 nitrogen and oxygen atoms in total.